The van der Waals surface area contributed by atoms with Crippen LogP contribution in [0.1, 0.15) is 39.0 Å². The van der Waals surface area contributed by atoms with Crippen molar-refractivity contribution < 1.29 is 19.4 Å². The lowest BCUT2D eigenvalue weighted by molar-refractivity contribution is 0.0232. The van der Waals surface area contributed by atoms with Gasteiger partial charge in [-0.25, -0.2) is 0 Å². The minimum atomic E-state index is -0.892. The second-order valence-corrected chi connectivity index (χ2v) is 7.54. The number of ether oxygens (including phenoxy) is 2. The van der Waals surface area contributed by atoms with Crippen LogP contribution in [0.15, 0.2) is 30.3 Å². The molecule has 0 radical (unpaired) electrons. The smallest absolute Gasteiger partial charge is 0.255 e. The molecule has 0 spiro atoms. The molecule has 5 nitrogen and oxygen atoms in total. The minimum Gasteiger partial charge on any atom is -0.489 e. The molecule has 2 aromatic rings. The van der Waals surface area contributed by atoms with Crippen LogP contribution in [0.2, 0.25) is 5.02 Å². The van der Waals surface area contributed by atoms with E-state index in [4.69, 9.17) is 21.1 Å². The van der Waals surface area contributed by atoms with E-state index in [0.29, 0.717) is 55.5 Å². The van der Waals surface area contributed by atoms with Gasteiger partial charge in [-0.2, -0.15) is 0 Å². The summed E-state index contributed by atoms with van der Waals surface area (Å²) in [6.45, 7) is 3.73. The van der Waals surface area contributed by atoms with E-state index in [9.17, 15) is 9.90 Å². The standard InChI is InChI=1S/C21H22ClNO4/c1-13-15(11-17-19(18(13)22)27-9-7-23-20(17)24)10-14-2-4-16(5-3-14)21(25)6-8-26-12-21/h2-5,11,25H,6-10,12H2,1H3,(H,23,24). The second-order valence-electron chi connectivity index (χ2n) is 7.16. The van der Waals surface area contributed by atoms with Crippen molar-refractivity contribution in [2.45, 2.75) is 25.4 Å². The van der Waals surface area contributed by atoms with E-state index in [1.165, 1.54) is 0 Å². The summed E-state index contributed by atoms with van der Waals surface area (Å²) >= 11 is 6.50. The normalized spacial score (nSPS) is 22.0. The fourth-order valence-electron chi connectivity index (χ4n) is 3.62. The van der Waals surface area contributed by atoms with Crippen LogP contribution in [0.25, 0.3) is 0 Å². The predicted octanol–water partition coefficient (Wildman–Crippen LogP) is 2.97. The van der Waals surface area contributed by atoms with Crippen LogP contribution >= 0.6 is 11.6 Å². The van der Waals surface area contributed by atoms with E-state index in [-0.39, 0.29) is 5.91 Å². The third kappa shape index (κ3) is 3.43. The Morgan fingerprint density at radius 3 is 2.74 bits per heavy atom. The van der Waals surface area contributed by atoms with E-state index in [0.717, 1.165) is 22.3 Å². The number of fused-ring (bicyclic) bond motifs is 1. The van der Waals surface area contributed by atoms with Crippen molar-refractivity contribution in [2.75, 3.05) is 26.4 Å². The zero-order valence-electron chi connectivity index (χ0n) is 15.2. The first-order chi connectivity index (χ1) is 13.0. The monoisotopic (exact) mass is 387 g/mol. The van der Waals surface area contributed by atoms with Gasteiger partial charge in [-0.3, -0.25) is 4.79 Å². The lowest BCUT2D eigenvalue weighted by Crippen LogP contribution is -2.25. The van der Waals surface area contributed by atoms with Gasteiger partial charge in [0.05, 0.1) is 23.7 Å². The highest BCUT2D eigenvalue weighted by molar-refractivity contribution is 6.33. The SMILES string of the molecule is Cc1c(Cc2ccc(C3(O)CCOC3)cc2)cc2c(c1Cl)OCCNC2=O. The van der Waals surface area contributed by atoms with Crippen molar-refractivity contribution >= 4 is 17.5 Å². The molecule has 1 atom stereocenters. The van der Waals surface area contributed by atoms with Gasteiger partial charge in [-0.05, 0) is 41.7 Å². The van der Waals surface area contributed by atoms with Gasteiger partial charge in [0.1, 0.15) is 12.2 Å². The summed E-state index contributed by atoms with van der Waals surface area (Å²) in [5.41, 5.74) is 3.43. The van der Waals surface area contributed by atoms with Crippen molar-refractivity contribution in [3.8, 4) is 5.75 Å². The van der Waals surface area contributed by atoms with Crippen LogP contribution in [0, 0.1) is 6.92 Å². The summed E-state index contributed by atoms with van der Waals surface area (Å²) < 4.78 is 11.0. The van der Waals surface area contributed by atoms with Gasteiger partial charge in [-0.15, -0.1) is 0 Å². The van der Waals surface area contributed by atoms with Crippen molar-refractivity contribution in [2.24, 2.45) is 0 Å². The quantitative estimate of drug-likeness (QED) is 0.849. The lowest BCUT2D eigenvalue weighted by atomic mass is 9.91. The molecule has 2 aromatic carbocycles. The summed E-state index contributed by atoms with van der Waals surface area (Å²) in [5, 5.41) is 13.9. The number of amides is 1. The molecule has 4 rings (SSSR count). The number of hydrogen-bond donors (Lipinski definition) is 2. The van der Waals surface area contributed by atoms with E-state index in [1.807, 2.05) is 37.3 Å². The minimum absolute atomic E-state index is 0.163. The molecule has 27 heavy (non-hydrogen) atoms. The Bertz CT molecular complexity index is 873. The average molecular weight is 388 g/mol. The Hall–Kier alpha value is -2.08. The molecule has 6 heteroatoms. The number of carbonyl (C=O) groups is 1. The maximum Gasteiger partial charge on any atom is 0.255 e. The number of aliphatic hydroxyl groups is 1. The van der Waals surface area contributed by atoms with E-state index < -0.39 is 5.60 Å². The van der Waals surface area contributed by atoms with Gasteiger partial charge < -0.3 is 19.9 Å². The van der Waals surface area contributed by atoms with E-state index in [2.05, 4.69) is 5.32 Å². The summed E-state index contributed by atoms with van der Waals surface area (Å²) in [6, 6.07) is 9.76. The summed E-state index contributed by atoms with van der Waals surface area (Å²) in [5.74, 6) is 0.302. The highest BCUT2D eigenvalue weighted by atomic mass is 35.5. The maximum absolute atomic E-state index is 12.3. The zero-order valence-corrected chi connectivity index (χ0v) is 15.9. The van der Waals surface area contributed by atoms with E-state index in [1.54, 1.807) is 0 Å². The molecular weight excluding hydrogens is 366 g/mol. The Labute approximate surface area is 163 Å². The molecule has 2 N–H and O–H groups in total. The fraction of sp³-hybridized carbons (Fsp3) is 0.381. The molecule has 0 saturated carbocycles. The molecule has 1 unspecified atom stereocenters. The molecule has 2 aliphatic rings. The van der Waals surface area contributed by atoms with Crippen molar-refractivity contribution in [1.82, 2.24) is 5.32 Å². The number of hydrogen-bond acceptors (Lipinski definition) is 4. The first kappa shape index (κ1) is 18.3. The molecule has 1 fully saturated rings. The van der Waals surface area contributed by atoms with Crippen LogP contribution in [0.5, 0.6) is 5.75 Å². The highest BCUT2D eigenvalue weighted by Crippen LogP contribution is 2.36. The third-order valence-corrected chi connectivity index (χ3v) is 5.79. The maximum atomic E-state index is 12.3. The Balaban J connectivity index is 1.63. The highest BCUT2D eigenvalue weighted by Gasteiger charge is 2.34. The molecule has 1 saturated heterocycles. The molecule has 2 heterocycles. The van der Waals surface area contributed by atoms with Gasteiger partial charge >= 0.3 is 0 Å². The molecule has 0 bridgehead atoms. The van der Waals surface area contributed by atoms with Gasteiger partial charge in [0.25, 0.3) is 5.91 Å². The van der Waals surface area contributed by atoms with Crippen molar-refractivity contribution in [3.05, 3.63) is 63.2 Å². The van der Waals surface area contributed by atoms with Gasteiger partial charge in [-0.1, -0.05) is 35.9 Å². The first-order valence-corrected chi connectivity index (χ1v) is 9.48. The number of rotatable bonds is 3. The van der Waals surface area contributed by atoms with Gasteiger partial charge in [0, 0.05) is 13.0 Å². The third-order valence-electron chi connectivity index (χ3n) is 5.34. The summed E-state index contributed by atoms with van der Waals surface area (Å²) in [6.07, 6.45) is 1.25. The Kier molecular flexibility index (Phi) is 4.84. The number of halogens is 1. The molecule has 1 amide bonds. The molecule has 142 valence electrons. The molecule has 0 aliphatic carbocycles. The Morgan fingerprint density at radius 1 is 1.26 bits per heavy atom. The lowest BCUT2D eigenvalue weighted by Gasteiger charge is -2.21. The van der Waals surface area contributed by atoms with Crippen LogP contribution in [-0.2, 0) is 16.8 Å². The van der Waals surface area contributed by atoms with Crippen LogP contribution in [0.4, 0.5) is 0 Å². The Morgan fingerprint density at radius 2 is 2.04 bits per heavy atom. The largest absolute Gasteiger partial charge is 0.489 e. The number of carbonyl (C=O) groups excluding carboxylic acids is 1. The molecule has 2 aliphatic heterocycles. The van der Waals surface area contributed by atoms with Crippen LogP contribution < -0.4 is 10.1 Å². The zero-order chi connectivity index (χ0) is 19.0. The summed E-state index contributed by atoms with van der Waals surface area (Å²) in [7, 11) is 0. The van der Waals surface area contributed by atoms with Gasteiger partial charge in [0.15, 0.2) is 5.75 Å². The first-order valence-electron chi connectivity index (χ1n) is 9.10. The number of benzene rings is 2. The topological polar surface area (TPSA) is 67.8 Å². The van der Waals surface area contributed by atoms with Crippen molar-refractivity contribution in [1.29, 1.82) is 0 Å². The van der Waals surface area contributed by atoms with Crippen LogP contribution in [-0.4, -0.2) is 37.4 Å². The van der Waals surface area contributed by atoms with Gasteiger partial charge in [0.2, 0.25) is 0 Å². The van der Waals surface area contributed by atoms with Crippen LogP contribution in [0.3, 0.4) is 0 Å². The van der Waals surface area contributed by atoms with Crippen molar-refractivity contribution in [3.63, 3.8) is 0 Å². The fourth-order valence-corrected chi connectivity index (χ4v) is 3.90. The summed E-state index contributed by atoms with van der Waals surface area (Å²) in [4.78, 5) is 12.3. The molecule has 0 aromatic heterocycles. The molecular formula is C21H22ClNO4. The number of nitrogens with one attached hydrogen (secondary N) is 1. The van der Waals surface area contributed by atoms with E-state index >= 15 is 0 Å². The second kappa shape index (κ2) is 7.15. The predicted molar refractivity (Wildman–Crippen MR) is 103 cm³/mol. The average Bonchev–Trinajstić information content (AvgIpc) is 3.03.